The van der Waals surface area contributed by atoms with Crippen LogP contribution in [0.4, 0.5) is 5.69 Å². The summed E-state index contributed by atoms with van der Waals surface area (Å²) in [6, 6.07) is 0. The van der Waals surface area contributed by atoms with Gasteiger partial charge in [0.2, 0.25) is 5.91 Å². The summed E-state index contributed by atoms with van der Waals surface area (Å²) in [4.78, 5) is 20.1. The Morgan fingerprint density at radius 1 is 1.39 bits per heavy atom. The molecular weight excluding hydrogens is 252 g/mol. The fourth-order valence-corrected chi connectivity index (χ4v) is 1.51. The van der Waals surface area contributed by atoms with Gasteiger partial charge < -0.3 is 11.1 Å². The van der Waals surface area contributed by atoms with Crippen molar-refractivity contribution in [2.75, 3.05) is 5.32 Å². The summed E-state index contributed by atoms with van der Waals surface area (Å²) in [5.74, 6) is 0.555. The molecule has 0 aliphatic rings. The molecule has 0 aliphatic carbocycles. The second-order valence-corrected chi connectivity index (χ2v) is 4.36. The number of nitrogens with two attached hydrogens (primary N) is 1. The van der Waals surface area contributed by atoms with E-state index in [1.54, 1.807) is 19.3 Å². The number of hydrogen-bond donors (Lipinski definition) is 2. The van der Waals surface area contributed by atoms with Crippen LogP contribution in [0.15, 0.2) is 12.4 Å². The van der Waals surface area contributed by atoms with Crippen molar-refractivity contribution in [2.24, 2.45) is 5.73 Å². The first-order valence-electron chi connectivity index (χ1n) is 5.91. The van der Waals surface area contributed by atoms with Gasteiger partial charge in [-0.3, -0.25) is 4.79 Å². The molecule has 6 heteroatoms. The van der Waals surface area contributed by atoms with E-state index in [-0.39, 0.29) is 18.3 Å². The normalized spacial score (nSPS) is 13.3. The van der Waals surface area contributed by atoms with Gasteiger partial charge in [-0.25, -0.2) is 9.97 Å². The van der Waals surface area contributed by atoms with Crippen LogP contribution >= 0.6 is 12.4 Å². The first kappa shape index (κ1) is 16.8. The number of anilines is 1. The number of nitrogens with one attached hydrogen (secondary N) is 1. The Balaban J connectivity index is 0.00000289. The quantitative estimate of drug-likeness (QED) is 0.858. The summed E-state index contributed by atoms with van der Waals surface area (Å²) in [6.07, 6.45) is 5.49. The second-order valence-electron chi connectivity index (χ2n) is 4.36. The zero-order chi connectivity index (χ0) is 12.9. The van der Waals surface area contributed by atoms with Crippen molar-refractivity contribution >= 4 is 24.0 Å². The molecule has 0 spiro atoms. The summed E-state index contributed by atoms with van der Waals surface area (Å²) in [6.45, 7) is 5.70. The van der Waals surface area contributed by atoms with E-state index in [0.717, 1.165) is 18.7 Å². The highest BCUT2D eigenvalue weighted by molar-refractivity contribution is 5.97. The van der Waals surface area contributed by atoms with Crippen LogP contribution < -0.4 is 11.1 Å². The number of aromatic nitrogens is 2. The largest absolute Gasteiger partial charge is 0.322 e. The number of amides is 1. The predicted octanol–water partition coefficient (Wildman–Crippen LogP) is 1.92. The van der Waals surface area contributed by atoms with Crippen molar-refractivity contribution in [1.82, 2.24) is 9.97 Å². The van der Waals surface area contributed by atoms with Crippen LogP contribution in [0, 0.1) is 0 Å². The summed E-state index contributed by atoms with van der Waals surface area (Å²) in [5.41, 5.74) is 5.66. The molecule has 18 heavy (non-hydrogen) atoms. The lowest BCUT2D eigenvalue weighted by Gasteiger charge is -2.22. The highest BCUT2D eigenvalue weighted by Crippen LogP contribution is 2.12. The lowest BCUT2D eigenvalue weighted by molar-refractivity contribution is -0.120. The molecule has 102 valence electrons. The van der Waals surface area contributed by atoms with E-state index in [1.807, 2.05) is 13.8 Å². The zero-order valence-corrected chi connectivity index (χ0v) is 11.9. The molecule has 5 nitrogen and oxygen atoms in total. The number of rotatable bonds is 5. The lowest BCUT2D eigenvalue weighted by Crippen LogP contribution is -2.48. The molecule has 1 atom stereocenters. The smallest absolute Gasteiger partial charge is 0.244 e. The number of aryl methyl sites for hydroxylation is 1. The van der Waals surface area contributed by atoms with Gasteiger partial charge in [0.25, 0.3) is 0 Å². The zero-order valence-electron chi connectivity index (χ0n) is 11.1. The minimum atomic E-state index is -0.849. The molecule has 1 rings (SSSR count). The number of hydrogen-bond acceptors (Lipinski definition) is 4. The maximum absolute atomic E-state index is 11.9. The Labute approximate surface area is 114 Å². The first-order chi connectivity index (χ1) is 7.99. The first-order valence-corrected chi connectivity index (χ1v) is 5.91. The van der Waals surface area contributed by atoms with E-state index in [0.29, 0.717) is 12.1 Å². The molecule has 1 amide bonds. The van der Waals surface area contributed by atoms with Crippen molar-refractivity contribution in [3.05, 3.63) is 18.2 Å². The van der Waals surface area contributed by atoms with E-state index in [9.17, 15) is 4.79 Å². The van der Waals surface area contributed by atoms with Gasteiger partial charge in [0.15, 0.2) is 0 Å². The van der Waals surface area contributed by atoms with Crippen molar-refractivity contribution in [3.8, 4) is 0 Å². The average Bonchev–Trinajstić information content (AvgIpc) is 2.30. The molecule has 0 radical (unpaired) electrons. The van der Waals surface area contributed by atoms with E-state index in [2.05, 4.69) is 15.3 Å². The number of carbonyl (C=O) groups is 1. The third-order valence-corrected chi connectivity index (χ3v) is 2.57. The molecule has 1 aromatic rings. The summed E-state index contributed by atoms with van der Waals surface area (Å²) in [7, 11) is 0. The van der Waals surface area contributed by atoms with Crippen molar-refractivity contribution in [1.29, 1.82) is 0 Å². The van der Waals surface area contributed by atoms with Gasteiger partial charge in [0.05, 0.1) is 23.6 Å². The molecule has 1 unspecified atom stereocenters. The highest BCUT2D eigenvalue weighted by Gasteiger charge is 2.27. The fraction of sp³-hybridized carbons (Fsp3) is 0.583. The molecule has 0 saturated heterocycles. The van der Waals surface area contributed by atoms with Gasteiger partial charge >= 0.3 is 0 Å². The van der Waals surface area contributed by atoms with Gasteiger partial charge in [-0.2, -0.15) is 0 Å². The second kappa shape index (κ2) is 7.28. The van der Waals surface area contributed by atoms with E-state index >= 15 is 0 Å². The predicted molar refractivity (Wildman–Crippen MR) is 74.8 cm³/mol. The Bertz CT molecular complexity index is 378. The molecule has 0 bridgehead atoms. The topological polar surface area (TPSA) is 80.9 Å². The standard InChI is InChI=1S/C12H20N4O.ClH/c1-4-6-12(3,13)11(17)16-9-7-14-10(5-2)15-8-9;/h7-8H,4-6,13H2,1-3H3,(H,16,17);1H. The van der Waals surface area contributed by atoms with Crippen LogP contribution in [-0.4, -0.2) is 21.4 Å². The maximum Gasteiger partial charge on any atom is 0.244 e. The molecule has 0 fully saturated rings. The van der Waals surface area contributed by atoms with Crippen molar-refractivity contribution < 1.29 is 4.79 Å². The average molecular weight is 273 g/mol. The minimum absolute atomic E-state index is 0. The van der Waals surface area contributed by atoms with E-state index in [4.69, 9.17) is 5.73 Å². The SMILES string of the molecule is CCCC(C)(N)C(=O)Nc1cnc(CC)nc1.Cl. The van der Waals surface area contributed by atoms with E-state index in [1.165, 1.54) is 0 Å². The molecule has 3 N–H and O–H groups in total. The molecule has 1 heterocycles. The van der Waals surface area contributed by atoms with Gasteiger partial charge in [-0.15, -0.1) is 12.4 Å². The third kappa shape index (κ3) is 4.58. The van der Waals surface area contributed by atoms with Crippen LogP contribution in [0.3, 0.4) is 0 Å². The summed E-state index contributed by atoms with van der Waals surface area (Å²) < 4.78 is 0. The summed E-state index contributed by atoms with van der Waals surface area (Å²) in [5, 5.41) is 2.73. The van der Waals surface area contributed by atoms with Crippen molar-refractivity contribution in [2.45, 2.75) is 45.6 Å². The van der Waals surface area contributed by atoms with Crippen LogP contribution in [0.25, 0.3) is 0 Å². The Morgan fingerprint density at radius 3 is 2.39 bits per heavy atom. The van der Waals surface area contributed by atoms with Gasteiger partial charge in [0, 0.05) is 6.42 Å². The van der Waals surface area contributed by atoms with Gasteiger partial charge in [-0.1, -0.05) is 20.3 Å². The molecule has 0 aromatic carbocycles. The summed E-state index contributed by atoms with van der Waals surface area (Å²) >= 11 is 0. The fourth-order valence-electron chi connectivity index (χ4n) is 1.51. The van der Waals surface area contributed by atoms with Crippen LogP contribution in [0.5, 0.6) is 0 Å². The minimum Gasteiger partial charge on any atom is -0.322 e. The molecule has 1 aromatic heterocycles. The van der Waals surface area contributed by atoms with Crippen molar-refractivity contribution in [3.63, 3.8) is 0 Å². The Kier molecular flexibility index (Phi) is 6.80. The molecular formula is C12H21ClN4O. The third-order valence-electron chi connectivity index (χ3n) is 2.57. The Morgan fingerprint density at radius 2 is 1.94 bits per heavy atom. The van der Waals surface area contributed by atoms with Crippen LogP contribution in [0.1, 0.15) is 39.4 Å². The van der Waals surface area contributed by atoms with E-state index < -0.39 is 5.54 Å². The highest BCUT2D eigenvalue weighted by atomic mass is 35.5. The maximum atomic E-state index is 11.9. The molecule has 0 aliphatic heterocycles. The number of carbonyl (C=O) groups excluding carboxylic acids is 1. The Hall–Kier alpha value is -1.20. The number of halogens is 1. The van der Waals surface area contributed by atoms with Crippen LogP contribution in [-0.2, 0) is 11.2 Å². The molecule has 0 saturated carbocycles. The van der Waals surface area contributed by atoms with Crippen LogP contribution in [0.2, 0.25) is 0 Å². The van der Waals surface area contributed by atoms with Gasteiger partial charge in [-0.05, 0) is 13.3 Å². The number of nitrogens with zero attached hydrogens (tertiary/aromatic N) is 2. The van der Waals surface area contributed by atoms with Gasteiger partial charge in [0.1, 0.15) is 5.82 Å². The monoisotopic (exact) mass is 272 g/mol. The lowest BCUT2D eigenvalue weighted by atomic mass is 9.96.